The third-order valence-corrected chi connectivity index (χ3v) is 4.86. The van der Waals surface area contributed by atoms with E-state index in [4.69, 9.17) is 9.47 Å². The van der Waals surface area contributed by atoms with Gasteiger partial charge in [-0.2, -0.15) is 0 Å². The van der Waals surface area contributed by atoms with E-state index in [0.717, 1.165) is 44.2 Å². The third-order valence-electron chi connectivity index (χ3n) is 4.86. The summed E-state index contributed by atoms with van der Waals surface area (Å²) >= 11 is 0. The molecule has 26 heavy (non-hydrogen) atoms. The van der Waals surface area contributed by atoms with Crippen molar-refractivity contribution in [1.82, 2.24) is 10.2 Å². The molecule has 1 N–H and O–H groups in total. The molecule has 1 heterocycles. The van der Waals surface area contributed by atoms with Gasteiger partial charge in [-0.05, 0) is 31.4 Å². The number of para-hydroxylation sites is 1. The average molecular weight is 361 g/mol. The number of nitrogens with one attached hydrogen (secondary N) is 1. The molecule has 1 unspecified atom stereocenters. The summed E-state index contributed by atoms with van der Waals surface area (Å²) in [6, 6.07) is 8.10. The second kappa shape index (κ2) is 10.0. The molecule has 2 rings (SSSR count). The second-order valence-electron chi connectivity index (χ2n) is 6.58. The van der Waals surface area contributed by atoms with Crippen molar-refractivity contribution in [2.24, 2.45) is 10.9 Å². The molecule has 1 fully saturated rings. The molecule has 6 nitrogen and oxygen atoms in total. The number of piperidine rings is 1. The zero-order valence-corrected chi connectivity index (χ0v) is 16.3. The molecule has 0 bridgehead atoms. The molecule has 0 saturated carbocycles. The van der Waals surface area contributed by atoms with Crippen LogP contribution in [-0.4, -0.2) is 57.2 Å². The number of likely N-dealkylation sites (tertiary alicyclic amines) is 1. The standard InChI is InChI=1S/C20H31N3O3/c1-5-26-19(24)16-10-12-23(13-11-16)20(21-3)22-14-15(2)17-8-6-7-9-18(17)25-4/h6-9,15-16H,5,10-14H2,1-4H3,(H,21,22). The van der Waals surface area contributed by atoms with Crippen LogP contribution >= 0.6 is 0 Å². The van der Waals surface area contributed by atoms with E-state index in [1.807, 2.05) is 25.1 Å². The minimum atomic E-state index is -0.0695. The number of hydrogen-bond donors (Lipinski definition) is 1. The largest absolute Gasteiger partial charge is 0.496 e. The molecule has 0 aromatic heterocycles. The summed E-state index contributed by atoms with van der Waals surface area (Å²) in [6.45, 7) is 6.86. The molecule has 1 atom stereocenters. The first-order chi connectivity index (χ1) is 12.6. The molecule has 0 amide bonds. The zero-order chi connectivity index (χ0) is 18.9. The quantitative estimate of drug-likeness (QED) is 0.479. The number of nitrogens with zero attached hydrogens (tertiary/aromatic N) is 2. The van der Waals surface area contributed by atoms with Gasteiger partial charge in [-0.25, -0.2) is 0 Å². The van der Waals surface area contributed by atoms with E-state index in [9.17, 15) is 4.79 Å². The Morgan fingerprint density at radius 1 is 1.35 bits per heavy atom. The van der Waals surface area contributed by atoms with Crippen molar-refractivity contribution >= 4 is 11.9 Å². The first-order valence-corrected chi connectivity index (χ1v) is 9.35. The highest BCUT2D eigenvalue weighted by Gasteiger charge is 2.27. The lowest BCUT2D eigenvalue weighted by Gasteiger charge is -2.33. The van der Waals surface area contributed by atoms with Crippen LogP contribution in [0.3, 0.4) is 0 Å². The topological polar surface area (TPSA) is 63.2 Å². The van der Waals surface area contributed by atoms with Gasteiger partial charge in [-0.1, -0.05) is 25.1 Å². The molecule has 144 valence electrons. The monoisotopic (exact) mass is 361 g/mol. The van der Waals surface area contributed by atoms with Crippen LogP contribution in [0.2, 0.25) is 0 Å². The van der Waals surface area contributed by atoms with E-state index in [1.165, 1.54) is 5.56 Å². The Balaban J connectivity index is 1.87. The van der Waals surface area contributed by atoms with Gasteiger partial charge in [0.2, 0.25) is 0 Å². The predicted molar refractivity (Wildman–Crippen MR) is 104 cm³/mol. The number of guanidine groups is 1. The Bertz CT molecular complexity index is 610. The number of ether oxygens (including phenoxy) is 2. The SMILES string of the molecule is CCOC(=O)C1CCN(C(=NC)NCC(C)c2ccccc2OC)CC1. The van der Waals surface area contributed by atoms with E-state index in [0.29, 0.717) is 12.5 Å². The molecule has 0 radical (unpaired) electrons. The summed E-state index contributed by atoms with van der Waals surface area (Å²) in [4.78, 5) is 18.5. The van der Waals surface area contributed by atoms with Gasteiger partial charge in [0.25, 0.3) is 0 Å². The molecule has 1 aromatic carbocycles. The Hall–Kier alpha value is -2.24. The Morgan fingerprint density at radius 2 is 2.04 bits per heavy atom. The first kappa shape index (κ1) is 20.1. The van der Waals surface area contributed by atoms with Crippen LogP contribution in [0.25, 0.3) is 0 Å². The number of rotatable bonds is 6. The summed E-state index contributed by atoms with van der Waals surface area (Å²) < 4.78 is 10.6. The van der Waals surface area contributed by atoms with Crippen molar-refractivity contribution in [2.75, 3.05) is 40.4 Å². The smallest absolute Gasteiger partial charge is 0.309 e. The van der Waals surface area contributed by atoms with E-state index < -0.39 is 0 Å². The zero-order valence-electron chi connectivity index (χ0n) is 16.3. The van der Waals surface area contributed by atoms with Crippen LogP contribution in [-0.2, 0) is 9.53 Å². The molecular weight excluding hydrogens is 330 g/mol. The normalized spacial score (nSPS) is 16.9. The Labute approximate surface area is 156 Å². The molecule has 0 spiro atoms. The molecule has 1 aromatic rings. The van der Waals surface area contributed by atoms with Crippen LogP contribution < -0.4 is 10.1 Å². The van der Waals surface area contributed by atoms with Crippen LogP contribution in [0.5, 0.6) is 5.75 Å². The highest BCUT2D eigenvalue weighted by atomic mass is 16.5. The number of carbonyl (C=O) groups excluding carboxylic acids is 1. The van der Waals surface area contributed by atoms with Gasteiger partial charge in [-0.3, -0.25) is 9.79 Å². The summed E-state index contributed by atoms with van der Waals surface area (Å²) in [6.07, 6.45) is 1.61. The van der Waals surface area contributed by atoms with Gasteiger partial charge in [0, 0.05) is 32.6 Å². The number of carbonyl (C=O) groups is 1. The highest BCUT2D eigenvalue weighted by molar-refractivity contribution is 5.80. The van der Waals surface area contributed by atoms with E-state index in [-0.39, 0.29) is 11.9 Å². The molecule has 6 heteroatoms. The number of aliphatic imine (C=N–C) groups is 1. The fourth-order valence-corrected chi connectivity index (χ4v) is 3.35. The molecule has 0 aliphatic carbocycles. The van der Waals surface area contributed by atoms with Crippen molar-refractivity contribution in [3.8, 4) is 5.75 Å². The molecular formula is C20H31N3O3. The van der Waals surface area contributed by atoms with E-state index in [2.05, 4.69) is 28.2 Å². The summed E-state index contributed by atoms with van der Waals surface area (Å²) in [5.74, 6) is 2.03. The second-order valence-corrected chi connectivity index (χ2v) is 6.58. The van der Waals surface area contributed by atoms with Crippen molar-refractivity contribution in [1.29, 1.82) is 0 Å². The number of methoxy groups -OCH3 is 1. The lowest BCUT2D eigenvalue weighted by Crippen LogP contribution is -2.47. The minimum Gasteiger partial charge on any atom is -0.496 e. The van der Waals surface area contributed by atoms with Crippen molar-refractivity contribution < 1.29 is 14.3 Å². The summed E-state index contributed by atoms with van der Waals surface area (Å²) in [7, 11) is 3.50. The molecule has 1 aliphatic heterocycles. The lowest BCUT2D eigenvalue weighted by molar-refractivity contribution is -0.149. The summed E-state index contributed by atoms with van der Waals surface area (Å²) in [5.41, 5.74) is 1.18. The maximum Gasteiger partial charge on any atom is 0.309 e. The fraction of sp³-hybridized carbons (Fsp3) is 0.600. The van der Waals surface area contributed by atoms with Crippen LogP contribution in [0, 0.1) is 5.92 Å². The van der Waals surface area contributed by atoms with E-state index >= 15 is 0 Å². The van der Waals surface area contributed by atoms with Crippen molar-refractivity contribution in [3.05, 3.63) is 29.8 Å². The average Bonchev–Trinajstić information content (AvgIpc) is 2.68. The van der Waals surface area contributed by atoms with Gasteiger partial charge in [0.05, 0.1) is 19.6 Å². The number of benzene rings is 1. The van der Waals surface area contributed by atoms with Gasteiger partial charge in [0.15, 0.2) is 5.96 Å². The highest BCUT2D eigenvalue weighted by Crippen LogP contribution is 2.25. The predicted octanol–water partition coefficient (Wildman–Crippen LogP) is 2.65. The van der Waals surface area contributed by atoms with E-state index in [1.54, 1.807) is 14.2 Å². The Morgan fingerprint density at radius 3 is 2.65 bits per heavy atom. The molecule has 1 saturated heterocycles. The Kier molecular flexibility index (Phi) is 7.75. The van der Waals surface area contributed by atoms with Crippen molar-refractivity contribution in [3.63, 3.8) is 0 Å². The van der Waals surface area contributed by atoms with Crippen LogP contribution in [0.1, 0.15) is 38.2 Å². The van der Waals surface area contributed by atoms with Gasteiger partial charge >= 0.3 is 5.97 Å². The fourth-order valence-electron chi connectivity index (χ4n) is 3.35. The first-order valence-electron chi connectivity index (χ1n) is 9.35. The van der Waals surface area contributed by atoms with Crippen molar-refractivity contribution in [2.45, 2.75) is 32.6 Å². The van der Waals surface area contributed by atoms with Crippen LogP contribution in [0.4, 0.5) is 0 Å². The van der Waals surface area contributed by atoms with Gasteiger partial charge < -0.3 is 19.7 Å². The molecule has 1 aliphatic rings. The summed E-state index contributed by atoms with van der Waals surface area (Å²) in [5, 5.41) is 3.46. The number of esters is 1. The maximum atomic E-state index is 11.9. The van der Waals surface area contributed by atoms with Gasteiger partial charge in [0.1, 0.15) is 5.75 Å². The number of hydrogen-bond acceptors (Lipinski definition) is 4. The maximum absolute atomic E-state index is 11.9. The van der Waals surface area contributed by atoms with Gasteiger partial charge in [-0.15, -0.1) is 0 Å². The third kappa shape index (κ3) is 5.13. The lowest BCUT2D eigenvalue weighted by atomic mass is 9.97. The van der Waals surface area contributed by atoms with Crippen LogP contribution in [0.15, 0.2) is 29.3 Å². The minimum absolute atomic E-state index is 0.0109.